The zero-order chi connectivity index (χ0) is 15.4. The van der Waals surface area contributed by atoms with E-state index >= 15 is 0 Å². The minimum absolute atomic E-state index is 0.0762. The Bertz CT molecular complexity index is 640. The van der Waals surface area contributed by atoms with Crippen molar-refractivity contribution in [1.29, 1.82) is 0 Å². The largest absolute Gasteiger partial charge is 0.506 e. The molecule has 0 heterocycles. The molecule has 0 fully saturated rings. The molecule has 110 valence electrons. The topological polar surface area (TPSA) is 60.8 Å². The van der Waals surface area contributed by atoms with Crippen LogP contribution in [-0.2, 0) is 13.1 Å². The second-order valence-corrected chi connectivity index (χ2v) is 5.37. The maximum Gasteiger partial charge on any atom is 0.335 e. The van der Waals surface area contributed by atoms with Gasteiger partial charge in [0.2, 0.25) is 0 Å². The summed E-state index contributed by atoms with van der Waals surface area (Å²) in [5.74, 6) is -0.846. The summed E-state index contributed by atoms with van der Waals surface area (Å²) in [6.07, 6.45) is 0. The van der Waals surface area contributed by atoms with Crippen molar-refractivity contribution in [3.63, 3.8) is 0 Å². The van der Waals surface area contributed by atoms with Crippen molar-refractivity contribution in [3.8, 4) is 5.75 Å². The van der Waals surface area contributed by atoms with Gasteiger partial charge in [-0.3, -0.25) is 4.90 Å². The Morgan fingerprint density at radius 3 is 2.24 bits per heavy atom. The summed E-state index contributed by atoms with van der Waals surface area (Å²) in [6.45, 7) is 1.37. The highest BCUT2D eigenvalue weighted by molar-refractivity contribution is 6.32. The van der Waals surface area contributed by atoms with Crippen molar-refractivity contribution in [1.82, 2.24) is 4.90 Å². The molecule has 2 rings (SSSR count). The minimum atomic E-state index is -0.923. The molecule has 5 heteroatoms. The molecule has 0 bridgehead atoms. The fraction of sp³-hybridized carbons (Fsp3) is 0.188. The molecule has 4 nitrogen and oxygen atoms in total. The summed E-state index contributed by atoms with van der Waals surface area (Å²) in [5, 5.41) is 18.6. The smallest absolute Gasteiger partial charge is 0.335 e. The van der Waals surface area contributed by atoms with Crippen LogP contribution in [0.5, 0.6) is 5.75 Å². The van der Waals surface area contributed by atoms with Gasteiger partial charge in [-0.05, 0) is 42.4 Å². The molecule has 2 N–H and O–H groups in total. The molecule has 0 spiro atoms. The van der Waals surface area contributed by atoms with E-state index < -0.39 is 5.97 Å². The Kier molecular flexibility index (Phi) is 4.83. The third kappa shape index (κ3) is 4.21. The van der Waals surface area contributed by atoms with E-state index in [4.69, 9.17) is 16.7 Å². The van der Waals surface area contributed by atoms with Crippen LogP contribution in [-0.4, -0.2) is 28.1 Å². The average molecular weight is 306 g/mol. The van der Waals surface area contributed by atoms with Crippen LogP contribution >= 0.6 is 11.6 Å². The van der Waals surface area contributed by atoms with Gasteiger partial charge in [-0.2, -0.15) is 0 Å². The van der Waals surface area contributed by atoms with Gasteiger partial charge < -0.3 is 10.2 Å². The lowest BCUT2D eigenvalue weighted by Gasteiger charge is -2.17. The van der Waals surface area contributed by atoms with Crippen molar-refractivity contribution in [3.05, 3.63) is 64.2 Å². The first kappa shape index (κ1) is 15.4. The van der Waals surface area contributed by atoms with Gasteiger partial charge in [-0.1, -0.05) is 29.8 Å². The monoisotopic (exact) mass is 305 g/mol. The van der Waals surface area contributed by atoms with Crippen molar-refractivity contribution in [2.75, 3.05) is 7.05 Å². The van der Waals surface area contributed by atoms with E-state index in [-0.39, 0.29) is 11.3 Å². The van der Waals surface area contributed by atoms with Gasteiger partial charge in [0.1, 0.15) is 5.75 Å². The highest BCUT2D eigenvalue weighted by atomic mass is 35.5. The lowest BCUT2D eigenvalue weighted by Crippen LogP contribution is -2.17. The minimum Gasteiger partial charge on any atom is -0.506 e. The maximum atomic E-state index is 10.8. The third-order valence-corrected chi connectivity index (χ3v) is 3.42. The number of aromatic carboxylic acids is 1. The van der Waals surface area contributed by atoms with E-state index in [1.54, 1.807) is 24.3 Å². The molecular weight excluding hydrogens is 290 g/mol. The standard InChI is InChI=1S/C16H16ClNO3/c1-18(10-12-4-7-15(19)14(17)8-12)9-11-2-5-13(6-3-11)16(20)21/h2-8,19H,9-10H2,1H3,(H,20,21). The van der Waals surface area contributed by atoms with E-state index in [0.717, 1.165) is 11.1 Å². The van der Waals surface area contributed by atoms with Gasteiger partial charge in [0.15, 0.2) is 0 Å². The number of hydrogen-bond donors (Lipinski definition) is 2. The molecule has 0 aliphatic carbocycles. The summed E-state index contributed by atoms with van der Waals surface area (Å²) >= 11 is 5.88. The van der Waals surface area contributed by atoms with Gasteiger partial charge >= 0.3 is 5.97 Å². The van der Waals surface area contributed by atoms with Gasteiger partial charge in [0, 0.05) is 13.1 Å². The normalized spacial score (nSPS) is 10.8. The number of hydrogen-bond acceptors (Lipinski definition) is 3. The molecular formula is C16H16ClNO3. The second kappa shape index (κ2) is 6.61. The number of carboxylic acids is 1. The molecule has 0 unspecified atom stereocenters. The van der Waals surface area contributed by atoms with E-state index in [1.165, 1.54) is 0 Å². The van der Waals surface area contributed by atoms with Crippen molar-refractivity contribution < 1.29 is 15.0 Å². The van der Waals surface area contributed by atoms with Gasteiger partial charge in [-0.15, -0.1) is 0 Å². The molecule has 0 amide bonds. The first-order valence-corrected chi connectivity index (χ1v) is 6.81. The number of carboxylic acid groups (broad SMARTS) is 1. The van der Waals surface area contributed by atoms with Gasteiger partial charge in [-0.25, -0.2) is 4.79 Å². The SMILES string of the molecule is CN(Cc1ccc(C(=O)O)cc1)Cc1ccc(O)c(Cl)c1. The van der Waals surface area contributed by atoms with Crippen LogP contribution in [0.15, 0.2) is 42.5 Å². The Hall–Kier alpha value is -2.04. The summed E-state index contributed by atoms with van der Waals surface area (Å²) in [6, 6.07) is 12.0. The van der Waals surface area contributed by atoms with Crippen LogP contribution < -0.4 is 0 Å². The Labute approximate surface area is 128 Å². The Balaban J connectivity index is 1.99. The fourth-order valence-corrected chi connectivity index (χ4v) is 2.28. The van der Waals surface area contributed by atoms with Crippen molar-refractivity contribution in [2.45, 2.75) is 13.1 Å². The number of carbonyl (C=O) groups is 1. The predicted octanol–water partition coefficient (Wildman–Crippen LogP) is 3.38. The zero-order valence-electron chi connectivity index (χ0n) is 11.6. The predicted molar refractivity (Wildman–Crippen MR) is 81.7 cm³/mol. The number of nitrogens with zero attached hydrogens (tertiary/aromatic N) is 1. The molecule has 2 aromatic rings. The van der Waals surface area contributed by atoms with E-state index in [2.05, 4.69) is 4.90 Å². The highest BCUT2D eigenvalue weighted by Crippen LogP contribution is 2.24. The number of aromatic hydroxyl groups is 1. The second-order valence-electron chi connectivity index (χ2n) is 4.96. The molecule has 0 aliphatic rings. The van der Waals surface area contributed by atoms with Crippen LogP contribution in [0.4, 0.5) is 0 Å². The molecule has 0 aliphatic heterocycles. The average Bonchev–Trinajstić information content (AvgIpc) is 2.43. The molecule has 0 aromatic heterocycles. The maximum absolute atomic E-state index is 10.8. The molecule has 21 heavy (non-hydrogen) atoms. The Morgan fingerprint density at radius 2 is 1.67 bits per heavy atom. The lowest BCUT2D eigenvalue weighted by atomic mass is 10.1. The van der Waals surface area contributed by atoms with Gasteiger partial charge in [0.05, 0.1) is 10.6 Å². The number of rotatable bonds is 5. The summed E-state index contributed by atoms with van der Waals surface area (Å²) in [4.78, 5) is 12.9. The number of benzene rings is 2. The highest BCUT2D eigenvalue weighted by Gasteiger charge is 2.06. The van der Waals surface area contributed by atoms with Crippen LogP contribution in [0, 0.1) is 0 Å². The van der Waals surface area contributed by atoms with Gasteiger partial charge in [0.25, 0.3) is 0 Å². The zero-order valence-corrected chi connectivity index (χ0v) is 12.3. The quantitative estimate of drug-likeness (QED) is 0.889. The molecule has 0 saturated heterocycles. The lowest BCUT2D eigenvalue weighted by molar-refractivity contribution is 0.0697. The summed E-state index contributed by atoms with van der Waals surface area (Å²) in [5.41, 5.74) is 2.32. The van der Waals surface area contributed by atoms with E-state index in [0.29, 0.717) is 18.1 Å². The molecule has 0 radical (unpaired) electrons. The molecule has 0 saturated carbocycles. The van der Waals surface area contributed by atoms with Crippen LogP contribution in [0.2, 0.25) is 5.02 Å². The van der Waals surface area contributed by atoms with E-state index in [1.807, 2.05) is 25.2 Å². The Morgan fingerprint density at radius 1 is 1.10 bits per heavy atom. The van der Waals surface area contributed by atoms with Crippen molar-refractivity contribution in [2.24, 2.45) is 0 Å². The first-order valence-electron chi connectivity index (χ1n) is 6.44. The number of phenols is 1. The number of phenolic OH excluding ortho intramolecular Hbond substituents is 1. The van der Waals surface area contributed by atoms with Crippen LogP contribution in [0.25, 0.3) is 0 Å². The van der Waals surface area contributed by atoms with E-state index in [9.17, 15) is 9.90 Å². The van der Waals surface area contributed by atoms with Crippen LogP contribution in [0.3, 0.4) is 0 Å². The number of halogens is 1. The first-order chi connectivity index (χ1) is 9.95. The molecule has 2 aromatic carbocycles. The third-order valence-electron chi connectivity index (χ3n) is 3.12. The molecule has 0 atom stereocenters. The fourth-order valence-electron chi connectivity index (χ4n) is 2.08. The van der Waals surface area contributed by atoms with Crippen molar-refractivity contribution >= 4 is 17.6 Å². The van der Waals surface area contributed by atoms with Crippen LogP contribution in [0.1, 0.15) is 21.5 Å². The summed E-state index contributed by atoms with van der Waals surface area (Å²) in [7, 11) is 1.96. The summed E-state index contributed by atoms with van der Waals surface area (Å²) < 4.78 is 0.